The van der Waals surface area contributed by atoms with E-state index < -0.39 is 11.8 Å². The fraction of sp³-hybridized carbons (Fsp3) is 0.150. The van der Waals surface area contributed by atoms with Crippen LogP contribution in [-0.4, -0.2) is 28.6 Å². The minimum Gasteiger partial charge on any atom is -0.504 e. The Morgan fingerprint density at radius 2 is 2.00 bits per heavy atom. The molecule has 0 saturated carbocycles. The van der Waals surface area contributed by atoms with Crippen molar-refractivity contribution in [3.63, 3.8) is 0 Å². The van der Waals surface area contributed by atoms with E-state index in [1.165, 1.54) is 17.0 Å². The number of aryl methyl sites for hydroxylation is 1. The number of carbonyl (C=O) groups is 2. The highest BCUT2D eigenvalue weighted by Gasteiger charge is 2.35. The predicted molar refractivity (Wildman–Crippen MR) is 114 cm³/mol. The highest BCUT2D eigenvalue weighted by atomic mass is 79.9. The molecule has 6 nitrogen and oxygen atoms in total. The molecule has 0 atom stereocenters. The molecule has 3 rings (SSSR count). The Kier molecular flexibility index (Phi) is 5.81. The summed E-state index contributed by atoms with van der Waals surface area (Å²) < 4.78 is 5.89. The maximum atomic E-state index is 13.1. The number of hydrogen-bond acceptors (Lipinski definition) is 5. The molecule has 2 aromatic rings. The van der Waals surface area contributed by atoms with Gasteiger partial charge < -0.3 is 9.84 Å². The summed E-state index contributed by atoms with van der Waals surface area (Å²) in [4.78, 5) is 26.9. The number of hydrogen-bond donors (Lipinski definition) is 2. The van der Waals surface area contributed by atoms with E-state index in [-0.39, 0.29) is 22.2 Å². The first-order valence-electron chi connectivity index (χ1n) is 8.46. The monoisotopic (exact) mass is 460 g/mol. The Labute approximate surface area is 175 Å². The zero-order valence-corrected chi connectivity index (χ0v) is 17.6. The van der Waals surface area contributed by atoms with E-state index in [0.717, 1.165) is 5.56 Å². The predicted octanol–water partition coefficient (Wildman–Crippen LogP) is 3.69. The molecule has 1 aliphatic heterocycles. The van der Waals surface area contributed by atoms with Gasteiger partial charge in [0.15, 0.2) is 16.6 Å². The number of phenolic OH excluding ortho intramolecular Hbond substituents is 1. The number of amides is 2. The van der Waals surface area contributed by atoms with Gasteiger partial charge in [0, 0.05) is 4.47 Å². The van der Waals surface area contributed by atoms with Crippen molar-refractivity contribution in [1.82, 2.24) is 5.32 Å². The number of nitrogens with zero attached hydrogens (tertiary/aromatic N) is 1. The number of thiocarbonyl (C=S) groups is 1. The highest BCUT2D eigenvalue weighted by molar-refractivity contribution is 9.10. The molecule has 1 saturated heterocycles. The van der Waals surface area contributed by atoms with E-state index in [9.17, 15) is 14.7 Å². The van der Waals surface area contributed by atoms with E-state index in [2.05, 4.69) is 21.2 Å². The summed E-state index contributed by atoms with van der Waals surface area (Å²) in [5, 5.41) is 12.6. The first kappa shape index (κ1) is 20.0. The molecule has 0 aromatic heterocycles. The van der Waals surface area contributed by atoms with Gasteiger partial charge in [-0.15, -0.1) is 0 Å². The molecule has 1 heterocycles. The molecule has 28 heavy (non-hydrogen) atoms. The fourth-order valence-corrected chi connectivity index (χ4v) is 3.51. The summed E-state index contributed by atoms with van der Waals surface area (Å²) in [6.07, 6.45) is 1.44. The highest BCUT2D eigenvalue weighted by Crippen LogP contribution is 2.34. The Bertz CT molecular complexity index is 1020. The SMILES string of the molecule is CCOc1cc(C=C2C(=O)NC(=S)N(c3ccccc3C)C2=O)c(Br)cc1O. The second-order valence-electron chi connectivity index (χ2n) is 6.02. The Morgan fingerprint density at radius 3 is 2.68 bits per heavy atom. The molecule has 144 valence electrons. The lowest BCUT2D eigenvalue weighted by molar-refractivity contribution is -0.122. The molecule has 0 aliphatic carbocycles. The molecule has 0 unspecified atom stereocenters. The summed E-state index contributed by atoms with van der Waals surface area (Å²) in [5.41, 5.74) is 1.88. The van der Waals surface area contributed by atoms with Crippen LogP contribution < -0.4 is 15.0 Å². The lowest BCUT2D eigenvalue weighted by Crippen LogP contribution is -2.54. The molecule has 2 aromatic carbocycles. The first-order chi connectivity index (χ1) is 13.3. The smallest absolute Gasteiger partial charge is 0.270 e. The van der Waals surface area contributed by atoms with Crippen LogP contribution in [0.3, 0.4) is 0 Å². The van der Waals surface area contributed by atoms with Gasteiger partial charge in [-0.2, -0.15) is 0 Å². The molecule has 2 amide bonds. The van der Waals surface area contributed by atoms with Crippen LogP contribution in [0.1, 0.15) is 18.1 Å². The minimum absolute atomic E-state index is 0.0289. The van der Waals surface area contributed by atoms with Gasteiger partial charge in [0.05, 0.1) is 12.3 Å². The number of rotatable bonds is 4. The second-order valence-corrected chi connectivity index (χ2v) is 7.26. The lowest BCUT2D eigenvalue weighted by atomic mass is 10.1. The van der Waals surface area contributed by atoms with Crippen LogP contribution in [0.2, 0.25) is 0 Å². The van der Waals surface area contributed by atoms with E-state index in [0.29, 0.717) is 22.3 Å². The van der Waals surface area contributed by atoms with E-state index in [1.807, 2.05) is 19.1 Å². The first-order valence-corrected chi connectivity index (χ1v) is 9.66. The van der Waals surface area contributed by atoms with Gasteiger partial charge in [-0.3, -0.25) is 19.8 Å². The molecule has 0 spiro atoms. The van der Waals surface area contributed by atoms with Crippen molar-refractivity contribution in [2.75, 3.05) is 11.5 Å². The Hall–Kier alpha value is -2.71. The number of anilines is 1. The zero-order chi connectivity index (χ0) is 20.4. The van der Waals surface area contributed by atoms with Crippen LogP contribution in [0.5, 0.6) is 11.5 Å². The summed E-state index contributed by atoms with van der Waals surface area (Å²) in [6, 6.07) is 10.3. The maximum absolute atomic E-state index is 13.1. The molecule has 0 bridgehead atoms. The van der Waals surface area contributed by atoms with E-state index in [4.69, 9.17) is 17.0 Å². The van der Waals surface area contributed by atoms with Crippen molar-refractivity contribution in [2.45, 2.75) is 13.8 Å². The van der Waals surface area contributed by atoms with Crippen LogP contribution in [0.4, 0.5) is 5.69 Å². The molecule has 8 heteroatoms. The van der Waals surface area contributed by atoms with Crippen LogP contribution >= 0.6 is 28.1 Å². The van der Waals surface area contributed by atoms with Crippen LogP contribution in [0.25, 0.3) is 6.08 Å². The number of para-hydroxylation sites is 1. The van der Waals surface area contributed by atoms with Crippen molar-refractivity contribution in [3.05, 3.63) is 57.6 Å². The molecular weight excluding hydrogens is 444 g/mol. The van der Waals surface area contributed by atoms with Gasteiger partial charge in [0.1, 0.15) is 5.57 Å². The number of halogens is 1. The Balaban J connectivity index is 2.07. The quantitative estimate of drug-likeness (QED) is 0.413. The summed E-state index contributed by atoms with van der Waals surface area (Å²) in [7, 11) is 0. The normalized spacial score (nSPS) is 15.8. The summed E-state index contributed by atoms with van der Waals surface area (Å²) >= 11 is 8.56. The topological polar surface area (TPSA) is 78.9 Å². The second kappa shape index (κ2) is 8.12. The number of nitrogens with one attached hydrogen (secondary N) is 1. The lowest BCUT2D eigenvalue weighted by Gasteiger charge is -2.30. The van der Waals surface area contributed by atoms with Gasteiger partial charge in [-0.1, -0.05) is 34.1 Å². The summed E-state index contributed by atoms with van der Waals surface area (Å²) in [6.45, 7) is 4.01. The average molecular weight is 461 g/mol. The van der Waals surface area contributed by atoms with E-state index in [1.54, 1.807) is 25.1 Å². The molecule has 1 fully saturated rings. The van der Waals surface area contributed by atoms with Crippen LogP contribution in [0, 0.1) is 6.92 Å². The number of carbonyl (C=O) groups excluding carboxylic acids is 2. The standard InChI is InChI=1S/C20H17BrN2O4S/c1-3-27-17-9-12(14(21)10-16(17)24)8-13-18(25)22-20(28)23(19(13)26)15-7-5-4-6-11(15)2/h4-10,24H,3H2,1-2H3,(H,22,25,28). The third-order valence-corrected chi connectivity index (χ3v) is 5.11. The summed E-state index contributed by atoms with van der Waals surface area (Å²) in [5.74, 6) is -0.899. The maximum Gasteiger partial charge on any atom is 0.270 e. The average Bonchev–Trinajstić information content (AvgIpc) is 2.63. The fourth-order valence-electron chi connectivity index (χ4n) is 2.79. The third-order valence-electron chi connectivity index (χ3n) is 4.14. The van der Waals surface area contributed by atoms with Crippen molar-refractivity contribution >= 4 is 56.8 Å². The molecule has 2 N–H and O–H groups in total. The largest absolute Gasteiger partial charge is 0.504 e. The molecule has 0 radical (unpaired) electrons. The van der Waals surface area contributed by atoms with Crippen molar-refractivity contribution in [1.29, 1.82) is 0 Å². The van der Waals surface area contributed by atoms with Crippen LogP contribution in [-0.2, 0) is 9.59 Å². The number of aromatic hydroxyl groups is 1. The van der Waals surface area contributed by atoms with Crippen molar-refractivity contribution in [3.8, 4) is 11.5 Å². The van der Waals surface area contributed by atoms with Gasteiger partial charge in [-0.25, -0.2) is 0 Å². The molecule has 1 aliphatic rings. The van der Waals surface area contributed by atoms with Gasteiger partial charge in [-0.05, 0) is 61.5 Å². The minimum atomic E-state index is -0.585. The third kappa shape index (κ3) is 3.79. The van der Waals surface area contributed by atoms with Gasteiger partial charge in [0.25, 0.3) is 11.8 Å². The number of ether oxygens (including phenoxy) is 1. The van der Waals surface area contributed by atoms with Gasteiger partial charge >= 0.3 is 0 Å². The zero-order valence-electron chi connectivity index (χ0n) is 15.2. The van der Waals surface area contributed by atoms with E-state index >= 15 is 0 Å². The molecular formula is C20H17BrN2O4S. The van der Waals surface area contributed by atoms with Crippen molar-refractivity contribution < 1.29 is 19.4 Å². The Morgan fingerprint density at radius 1 is 1.29 bits per heavy atom. The van der Waals surface area contributed by atoms with Gasteiger partial charge in [0.2, 0.25) is 0 Å². The number of phenols is 1. The number of benzene rings is 2. The van der Waals surface area contributed by atoms with Crippen molar-refractivity contribution in [2.24, 2.45) is 0 Å². The van der Waals surface area contributed by atoms with Crippen LogP contribution in [0.15, 0.2) is 46.4 Å².